The van der Waals surface area contributed by atoms with Gasteiger partial charge in [-0.05, 0) is 13.8 Å². The molecule has 2 amide bonds. The molecule has 0 aromatic heterocycles. The summed E-state index contributed by atoms with van der Waals surface area (Å²) in [6, 6.07) is 0.146. The second kappa shape index (κ2) is 4.83. The second-order valence-corrected chi connectivity index (χ2v) is 3.57. The van der Waals surface area contributed by atoms with Crippen molar-refractivity contribution in [2.45, 2.75) is 26.3 Å². The maximum absolute atomic E-state index is 11.2. The molecule has 0 radical (unpaired) electrons. The molecule has 0 bridgehead atoms. The van der Waals surface area contributed by atoms with Gasteiger partial charge >= 0.3 is 6.09 Å². The number of amides is 2. The molecule has 1 fully saturated rings. The Morgan fingerprint density at radius 3 is 2.86 bits per heavy atom. The Kier molecular flexibility index (Phi) is 3.73. The normalized spacial score (nSPS) is 15.9. The Morgan fingerprint density at radius 1 is 1.64 bits per heavy atom. The van der Waals surface area contributed by atoms with Gasteiger partial charge in [0.05, 0.1) is 6.54 Å². The number of nitrogens with one attached hydrogen (secondary N) is 1. The summed E-state index contributed by atoms with van der Waals surface area (Å²) < 4.78 is 4.73. The lowest BCUT2D eigenvalue weighted by Crippen LogP contribution is -2.34. The van der Waals surface area contributed by atoms with Crippen molar-refractivity contribution in [1.82, 2.24) is 10.2 Å². The third kappa shape index (κ3) is 3.24. The van der Waals surface area contributed by atoms with Gasteiger partial charge in [-0.3, -0.25) is 4.79 Å². The zero-order valence-electron chi connectivity index (χ0n) is 8.58. The molecule has 80 valence electrons. The number of carbonyl (C=O) groups is 2. The molecule has 1 rings (SSSR count). The van der Waals surface area contributed by atoms with E-state index in [4.69, 9.17) is 4.74 Å². The van der Waals surface area contributed by atoms with E-state index in [1.165, 1.54) is 0 Å². The van der Waals surface area contributed by atoms with Crippen LogP contribution in [-0.2, 0) is 9.53 Å². The van der Waals surface area contributed by atoms with Gasteiger partial charge in [-0.2, -0.15) is 0 Å². The number of carbonyl (C=O) groups excluding carboxylic acids is 2. The number of hydrogen-bond donors (Lipinski definition) is 1. The van der Waals surface area contributed by atoms with Crippen molar-refractivity contribution < 1.29 is 14.3 Å². The van der Waals surface area contributed by atoms with Gasteiger partial charge in [0.2, 0.25) is 5.91 Å². The highest BCUT2D eigenvalue weighted by atomic mass is 16.6. The lowest BCUT2D eigenvalue weighted by atomic mass is 10.3. The number of hydrogen-bond acceptors (Lipinski definition) is 3. The molecule has 14 heavy (non-hydrogen) atoms. The van der Waals surface area contributed by atoms with Crippen molar-refractivity contribution in [3.05, 3.63) is 0 Å². The Hall–Kier alpha value is -1.26. The van der Waals surface area contributed by atoms with E-state index in [9.17, 15) is 9.59 Å². The zero-order valence-corrected chi connectivity index (χ0v) is 8.58. The molecule has 1 N–H and O–H groups in total. The molecule has 1 aliphatic rings. The fourth-order valence-corrected chi connectivity index (χ4v) is 1.26. The molecule has 5 heteroatoms. The quantitative estimate of drug-likeness (QED) is 0.712. The first-order chi connectivity index (χ1) is 6.59. The molecule has 0 atom stereocenters. The van der Waals surface area contributed by atoms with Crippen LogP contribution in [0.3, 0.4) is 0 Å². The largest absolute Gasteiger partial charge is 0.448 e. The third-order valence-corrected chi connectivity index (χ3v) is 1.90. The van der Waals surface area contributed by atoms with Crippen molar-refractivity contribution in [2.24, 2.45) is 0 Å². The van der Waals surface area contributed by atoms with Crippen molar-refractivity contribution >= 4 is 12.0 Å². The highest BCUT2D eigenvalue weighted by molar-refractivity contribution is 5.77. The SMILES string of the molecule is CC(C)NC(=O)CCN1CCOC1=O. The van der Waals surface area contributed by atoms with E-state index in [0.717, 1.165) is 0 Å². The van der Waals surface area contributed by atoms with Gasteiger partial charge in [-0.1, -0.05) is 0 Å². The lowest BCUT2D eigenvalue weighted by Gasteiger charge is -2.13. The summed E-state index contributed by atoms with van der Waals surface area (Å²) in [5, 5.41) is 2.76. The van der Waals surface area contributed by atoms with Gasteiger partial charge in [0.15, 0.2) is 0 Å². The van der Waals surface area contributed by atoms with Crippen LogP contribution in [0, 0.1) is 0 Å². The minimum Gasteiger partial charge on any atom is -0.448 e. The van der Waals surface area contributed by atoms with Gasteiger partial charge in [0.1, 0.15) is 6.61 Å². The summed E-state index contributed by atoms with van der Waals surface area (Å²) in [4.78, 5) is 23.7. The first-order valence-electron chi connectivity index (χ1n) is 4.80. The van der Waals surface area contributed by atoms with Gasteiger partial charge in [0.25, 0.3) is 0 Å². The van der Waals surface area contributed by atoms with Crippen LogP contribution in [0.4, 0.5) is 4.79 Å². The van der Waals surface area contributed by atoms with Crippen LogP contribution in [0.2, 0.25) is 0 Å². The predicted molar refractivity (Wildman–Crippen MR) is 50.8 cm³/mol. The van der Waals surface area contributed by atoms with Crippen LogP contribution in [0.1, 0.15) is 20.3 Å². The molecule has 1 saturated heterocycles. The van der Waals surface area contributed by atoms with Crippen LogP contribution in [0.5, 0.6) is 0 Å². The Balaban J connectivity index is 2.19. The van der Waals surface area contributed by atoms with Crippen molar-refractivity contribution in [1.29, 1.82) is 0 Å². The van der Waals surface area contributed by atoms with E-state index in [1.54, 1.807) is 4.90 Å². The van der Waals surface area contributed by atoms with Crippen molar-refractivity contribution in [3.8, 4) is 0 Å². The highest BCUT2D eigenvalue weighted by Crippen LogP contribution is 2.03. The molecule has 1 heterocycles. The number of rotatable bonds is 4. The molecular weight excluding hydrogens is 184 g/mol. The van der Waals surface area contributed by atoms with E-state index < -0.39 is 0 Å². The summed E-state index contributed by atoms with van der Waals surface area (Å²) in [5.41, 5.74) is 0. The lowest BCUT2D eigenvalue weighted by molar-refractivity contribution is -0.121. The van der Waals surface area contributed by atoms with Crippen LogP contribution in [0.25, 0.3) is 0 Å². The van der Waals surface area contributed by atoms with E-state index in [-0.39, 0.29) is 18.0 Å². The number of ether oxygens (including phenoxy) is 1. The number of cyclic esters (lactones) is 1. The van der Waals surface area contributed by atoms with Gasteiger partial charge < -0.3 is 15.0 Å². The topological polar surface area (TPSA) is 58.6 Å². The molecule has 0 aliphatic carbocycles. The Labute approximate surface area is 83.4 Å². The fourth-order valence-electron chi connectivity index (χ4n) is 1.26. The summed E-state index contributed by atoms with van der Waals surface area (Å²) >= 11 is 0. The Morgan fingerprint density at radius 2 is 2.36 bits per heavy atom. The highest BCUT2D eigenvalue weighted by Gasteiger charge is 2.21. The molecular formula is C9H16N2O3. The average Bonchev–Trinajstić information content (AvgIpc) is 2.46. The average molecular weight is 200 g/mol. The van der Waals surface area contributed by atoms with E-state index >= 15 is 0 Å². The zero-order chi connectivity index (χ0) is 10.6. The number of nitrogens with zero attached hydrogens (tertiary/aromatic N) is 1. The molecule has 0 unspecified atom stereocenters. The van der Waals surface area contributed by atoms with Gasteiger partial charge in [0, 0.05) is 19.0 Å². The first-order valence-corrected chi connectivity index (χ1v) is 4.80. The molecule has 0 spiro atoms. The van der Waals surface area contributed by atoms with Gasteiger partial charge in [-0.15, -0.1) is 0 Å². The molecule has 0 saturated carbocycles. The maximum atomic E-state index is 11.2. The standard InChI is InChI=1S/C9H16N2O3/c1-7(2)10-8(12)3-4-11-5-6-14-9(11)13/h7H,3-6H2,1-2H3,(H,10,12). The summed E-state index contributed by atoms with van der Waals surface area (Å²) in [5.74, 6) is -0.0281. The minimum absolute atomic E-state index is 0.0281. The van der Waals surface area contributed by atoms with E-state index in [0.29, 0.717) is 26.1 Å². The van der Waals surface area contributed by atoms with E-state index in [1.807, 2.05) is 13.8 Å². The van der Waals surface area contributed by atoms with Gasteiger partial charge in [-0.25, -0.2) is 4.79 Å². The monoisotopic (exact) mass is 200 g/mol. The van der Waals surface area contributed by atoms with Crippen LogP contribution in [0.15, 0.2) is 0 Å². The maximum Gasteiger partial charge on any atom is 0.409 e. The molecule has 5 nitrogen and oxygen atoms in total. The summed E-state index contributed by atoms with van der Waals surface area (Å²) in [7, 11) is 0. The minimum atomic E-state index is -0.317. The van der Waals surface area contributed by atoms with Crippen LogP contribution in [-0.4, -0.2) is 42.6 Å². The molecule has 0 aromatic rings. The van der Waals surface area contributed by atoms with E-state index in [2.05, 4.69) is 5.32 Å². The Bertz CT molecular complexity index is 228. The first kappa shape index (κ1) is 10.8. The second-order valence-electron chi connectivity index (χ2n) is 3.57. The third-order valence-electron chi connectivity index (χ3n) is 1.90. The van der Waals surface area contributed by atoms with Crippen molar-refractivity contribution in [2.75, 3.05) is 19.7 Å². The van der Waals surface area contributed by atoms with Crippen molar-refractivity contribution in [3.63, 3.8) is 0 Å². The summed E-state index contributed by atoms with van der Waals surface area (Å²) in [6.45, 7) is 5.28. The predicted octanol–water partition coefficient (Wildman–Crippen LogP) is 0.353. The molecule has 1 aliphatic heterocycles. The summed E-state index contributed by atoms with van der Waals surface area (Å²) in [6.07, 6.45) is 0.0233. The fraction of sp³-hybridized carbons (Fsp3) is 0.778. The van der Waals surface area contributed by atoms with Crippen LogP contribution < -0.4 is 5.32 Å². The smallest absolute Gasteiger partial charge is 0.409 e. The van der Waals surface area contributed by atoms with Crippen LogP contribution >= 0.6 is 0 Å². The molecule has 0 aromatic carbocycles.